The molecule has 7 nitrogen and oxygen atoms in total. The van der Waals surface area contributed by atoms with E-state index in [1.54, 1.807) is 42.5 Å². The molecule has 2 aliphatic heterocycles. The molecule has 4 aromatic rings. The van der Waals surface area contributed by atoms with E-state index in [0.717, 1.165) is 22.6 Å². The number of aliphatic hydroxyl groups excluding tert-OH is 1. The van der Waals surface area contributed by atoms with Crippen molar-refractivity contribution in [1.82, 2.24) is 4.98 Å². The number of anilines is 1. The number of rotatable bonds is 5. The molecule has 3 heterocycles. The summed E-state index contributed by atoms with van der Waals surface area (Å²) in [7, 11) is 0. The van der Waals surface area contributed by atoms with E-state index in [9.17, 15) is 19.1 Å². The molecule has 0 saturated carbocycles. The number of aromatic nitrogens is 1. The van der Waals surface area contributed by atoms with Crippen molar-refractivity contribution in [2.45, 2.75) is 32.4 Å². The Bertz CT molecular complexity index is 1650. The van der Waals surface area contributed by atoms with Crippen LogP contribution in [0.5, 0.6) is 11.5 Å². The molecule has 1 N–H and O–H groups in total. The van der Waals surface area contributed by atoms with Crippen LogP contribution in [0.3, 0.4) is 0 Å². The van der Waals surface area contributed by atoms with Gasteiger partial charge in [-0.1, -0.05) is 23.5 Å². The molecule has 0 bridgehead atoms. The van der Waals surface area contributed by atoms with Crippen LogP contribution < -0.4 is 14.4 Å². The van der Waals surface area contributed by atoms with Crippen LogP contribution in [-0.2, 0) is 16.0 Å². The van der Waals surface area contributed by atoms with E-state index in [0.29, 0.717) is 40.1 Å². The van der Waals surface area contributed by atoms with Crippen LogP contribution in [0.15, 0.2) is 66.2 Å². The molecular weight excluding hydrogens is 507 g/mol. The lowest BCUT2D eigenvalue weighted by molar-refractivity contribution is -0.132. The molecular formula is C29H23FN2O5S. The summed E-state index contributed by atoms with van der Waals surface area (Å²) >= 11 is 1.10. The minimum atomic E-state index is -0.968. The third-order valence-corrected chi connectivity index (χ3v) is 7.66. The highest BCUT2D eigenvalue weighted by Crippen LogP contribution is 2.45. The summed E-state index contributed by atoms with van der Waals surface area (Å²) in [5, 5.41) is 11.7. The lowest BCUT2D eigenvalue weighted by Gasteiger charge is -2.23. The summed E-state index contributed by atoms with van der Waals surface area (Å²) in [5.74, 6) is -1.07. The summed E-state index contributed by atoms with van der Waals surface area (Å²) < 4.78 is 25.9. The van der Waals surface area contributed by atoms with Gasteiger partial charge in [0.05, 0.1) is 28.4 Å². The fourth-order valence-corrected chi connectivity index (χ4v) is 6.02. The summed E-state index contributed by atoms with van der Waals surface area (Å²) in [6.07, 6.45) is 0.686. The fraction of sp³-hybridized carbons (Fsp3) is 0.207. The molecule has 38 heavy (non-hydrogen) atoms. The van der Waals surface area contributed by atoms with E-state index in [-0.39, 0.29) is 22.6 Å². The number of nitrogens with zero attached hydrogens (tertiary/aromatic N) is 2. The van der Waals surface area contributed by atoms with Crippen molar-refractivity contribution < 1.29 is 28.6 Å². The molecule has 1 aromatic heterocycles. The largest absolute Gasteiger partial charge is 0.507 e. The number of benzene rings is 3. The highest BCUT2D eigenvalue weighted by Gasteiger charge is 2.48. The van der Waals surface area contributed by atoms with Crippen LogP contribution in [0.4, 0.5) is 9.52 Å². The Morgan fingerprint density at radius 1 is 1.18 bits per heavy atom. The summed E-state index contributed by atoms with van der Waals surface area (Å²) in [6, 6.07) is 15.5. The second-order valence-corrected chi connectivity index (χ2v) is 10.2. The first-order valence-corrected chi connectivity index (χ1v) is 13.1. The first-order valence-electron chi connectivity index (χ1n) is 12.2. The third kappa shape index (κ3) is 3.99. The standard InChI is InChI=1S/C29H23FN2O5S/c1-3-36-20-6-4-5-16(13-20)25-24(26(33)17-7-10-22-18(12-17)11-15(2)37-22)27(34)28(35)32(25)29-31-21-9-8-19(30)14-23(21)38-29/h4-10,12-15,25,33H,3,11H2,1-2H3/t15-,25-/m1/s1. The maximum absolute atomic E-state index is 13.9. The van der Waals surface area contributed by atoms with Crippen molar-refractivity contribution in [3.8, 4) is 11.5 Å². The van der Waals surface area contributed by atoms with Crippen LogP contribution in [0.1, 0.15) is 36.6 Å². The van der Waals surface area contributed by atoms with Crippen LogP contribution >= 0.6 is 11.3 Å². The van der Waals surface area contributed by atoms with E-state index in [1.165, 1.54) is 23.1 Å². The van der Waals surface area contributed by atoms with Gasteiger partial charge in [0, 0.05) is 12.0 Å². The van der Waals surface area contributed by atoms with E-state index in [1.807, 2.05) is 13.8 Å². The van der Waals surface area contributed by atoms with Crippen molar-refractivity contribution in [1.29, 1.82) is 0 Å². The Morgan fingerprint density at radius 2 is 2.03 bits per heavy atom. The van der Waals surface area contributed by atoms with Crippen molar-refractivity contribution in [3.63, 3.8) is 0 Å². The monoisotopic (exact) mass is 530 g/mol. The Hall–Kier alpha value is -4.24. The van der Waals surface area contributed by atoms with E-state index in [4.69, 9.17) is 9.47 Å². The van der Waals surface area contributed by atoms with Crippen LogP contribution in [0.2, 0.25) is 0 Å². The summed E-state index contributed by atoms with van der Waals surface area (Å²) in [6.45, 7) is 4.25. The molecule has 2 atom stereocenters. The Kier molecular flexibility index (Phi) is 5.87. The molecule has 0 radical (unpaired) electrons. The quantitative estimate of drug-likeness (QED) is 0.200. The first-order chi connectivity index (χ1) is 18.3. The van der Waals surface area contributed by atoms with Gasteiger partial charge < -0.3 is 14.6 Å². The van der Waals surface area contributed by atoms with Gasteiger partial charge in [0.25, 0.3) is 5.78 Å². The van der Waals surface area contributed by atoms with Gasteiger partial charge >= 0.3 is 5.91 Å². The minimum absolute atomic E-state index is 0.0122. The Morgan fingerprint density at radius 3 is 2.84 bits per heavy atom. The molecule has 3 aromatic carbocycles. The van der Waals surface area contributed by atoms with Gasteiger partial charge in [0.1, 0.15) is 29.2 Å². The number of ether oxygens (including phenoxy) is 2. The maximum atomic E-state index is 13.9. The number of halogens is 1. The van der Waals surface area contributed by atoms with Crippen LogP contribution in [0, 0.1) is 5.82 Å². The van der Waals surface area contributed by atoms with Gasteiger partial charge in [0.15, 0.2) is 5.13 Å². The number of Topliss-reactive ketones (excluding diaryl/α,β-unsaturated/α-hetero) is 1. The van der Waals surface area contributed by atoms with Crippen molar-refractivity contribution in [3.05, 3.63) is 88.7 Å². The zero-order valence-corrected chi connectivity index (χ0v) is 21.4. The second-order valence-electron chi connectivity index (χ2n) is 9.24. The fourth-order valence-electron chi connectivity index (χ4n) is 5.00. The average molecular weight is 531 g/mol. The van der Waals surface area contributed by atoms with E-state index in [2.05, 4.69) is 4.98 Å². The van der Waals surface area contributed by atoms with Gasteiger partial charge in [-0.3, -0.25) is 14.5 Å². The second kappa shape index (κ2) is 9.25. The van der Waals surface area contributed by atoms with Crippen LogP contribution in [-0.4, -0.2) is 34.5 Å². The Labute approximate surface area is 221 Å². The average Bonchev–Trinajstić information content (AvgIpc) is 3.56. The first kappa shape index (κ1) is 24.1. The maximum Gasteiger partial charge on any atom is 0.301 e. The topological polar surface area (TPSA) is 89.0 Å². The number of aliphatic hydroxyl groups is 1. The van der Waals surface area contributed by atoms with Gasteiger partial charge in [-0.05, 0) is 73.5 Å². The zero-order chi connectivity index (χ0) is 26.6. The highest BCUT2D eigenvalue weighted by atomic mass is 32.1. The molecule has 0 aliphatic carbocycles. The number of hydrogen-bond acceptors (Lipinski definition) is 7. The van der Waals surface area contributed by atoms with Crippen molar-refractivity contribution >= 4 is 44.1 Å². The number of carbonyl (C=O) groups excluding carboxylic acids is 2. The predicted octanol–water partition coefficient (Wildman–Crippen LogP) is 5.78. The van der Waals surface area contributed by atoms with Gasteiger partial charge in [-0.25, -0.2) is 9.37 Å². The molecule has 2 aliphatic rings. The molecule has 1 saturated heterocycles. The Balaban J connectivity index is 1.54. The molecule has 192 valence electrons. The molecule has 1 fully saturated rings. The number of hydrogen-bond donors (Lipinski definition) is 1. The number of fused-ring (bicyclic) bond motifs is 2. The van der Waals surface area contributed by atoms with E-state index >= 15 is 0 Å². The number of ketones is 1. The smallest absolute Gasteiger partial charge is 0.301 e. The number of carbonyl (C=O) groups is 2. The summed E-state index contributed by atoms with van der Waals surface area (Å²) in [5.41, 5.74) is 2.35. The molecule has 0 unspecified atom stereocenters. The lowest BCUT2D eigenvalue weighted by Crippen LogP contribution is -2.29. The molecule has 6 rings (SSSR count). The molecule has 0 spiro atoms. The van der Waals surface area contributed by atoms with Crippen molar-refractivity contribution in [2.24, 2.45) is 0 Å². The third-order valence-electron chi connectivity index (χ3n) is 6.64. The minimum Gasteiger partial charge on any atom is -0.507 e. The number of amides is 1. The lowest BCUT2D eigenvalue weighted by atomic mass is 9.94. The molecule has 1 amide bonds. The van der Waals surface area contributed by atoms with Crippen molar-refractivity contribution in [2.75, 3.05) is 11.5 Å². The van der Waals surface area contributed by atoms with E-state index < -0.39 is 23.5 Å². The summed E-state index contributed by atoms with van der Waals surface area (Å²) in [4.78, 5) is 32.8. The predicted molar refractivity (Wildman–Crippen MR) is 142 cm³/mol. The van der Waals surface area contributed by atoms with Gasteiger partial charge in [-0.15, -0.1) is 0 Å². The normalized spacial score (nSPS) is 20.1. The highest BCUT2D eigenvalue weighted by molar-refractivity contribution is 7.22. The van der Waals surface area contributed by atoms with Gasteiger partial charge in [0.2, 0.25) is 0 Å². The van der Waals surface area contributed by atoms with Gasteiger partial charge in [-0.2, -0.15) is 0 Å². The van der Waals surface area contributed by atoms with Crippen LogP contribution in [0.25, 0.3) is 16.0 Å². The number of thiazole rings is 1. The SMILES string of the molecule is CCOc1cccc([C@@H]2C(=C(O)c3ccc4c(c3)C[C@@H](C)O4)C(=O)C(=O)N2c2nc3ccc(F)cc3s2)c1. The molecule has 9 heteroatoms. The zero-order valence-electron chi connectivity index (χ0n) is 20.6.